The highest BCUT2D eigenvalue weighted by atomic mass is 32.1. The molecule has 1 saturated carbocycles. The zero-order chi connectivity index (χ0) is 21.1. The first-order valence-corrected chi connectivity index (χ1v) is 11.4. The number of carbonyl (C=O) groups excluding carboxylic acids is 3. The summed E-state index contributed by atoms with van der Waals surface area (Å²) in [5, 5.41) is 8.26. The summed E-state index contributed by atoms with van der Waals surface area (Å²) in [5.41, 5.74) is 1.97. The van der Waals surface area contributed by atoms with Crippen LogP contribution in [-0.2, 0) is 11.2 Å². The molecular formula is C22H26N4O3S. The fraction of sp³-hybridized carbons (Fsp3) is 0.455. The second-order valence-electron chi connectivity index (χ2n) is 7.87. The maximum absolute atomic E-state index is 12.6. The molecule has 158 valence electrons. The molecule has 0 unspecified atom stereocenters. The maximum Gasteiger partial charge on any atom is 0.325 e. The minimum atomic E-state index is -0.674. The summed E-state index contributed by atoms with van der Waals surface area (Å²) in [7, 11) is 0. The lowest BCUT2D eigenvalue weighted by Gasteiger charge is -2.20. The number of thiazole rings is 1. The van der Waals surface area contributed by atoms with Gasteiger partial charge in [0.15, 0.2) is 0 Å². The van der Waals surface area contributed by atoms with Crippen molar-refractivity contribution in [1.29, 1.82) is 0 Å². The van der Waals surface area contributed by atoms with Gasteiger partial charge in [-0.2, -0.15) is 0 Å². The van der Waals surface area contributed by atoms with Crippen molar-refractivity contribution in [2.24, 2.45) is 0 Å². The smallest absolute Gasteiger partial charge is 0.325 e. The topological polar surface area (TPSA) is 91.4 Å². The third kappa shape index (κ3) is 3.96. The SMILES string of the molecule is CCc1ccc(-c2nc(C(=O)NCCCN3C(=O)NC4(CCCC4)C3=O)cs2)cc1. The quantitative estimate of drug-likeness (QED) is 0.525. The first-order valence-electron chi connectivity index (χ1n) is 10.5. The van der Waals surface area contributed by atoms with Crippen molar-refractivity contribution in [2.75, 3.05) is 13.1 Å². The van der Waals surface area contributed by atoms with E-state index in [-0.39, 0.29) is 17.8 Å². The van der Waals surface area contributed by atoms with Crippen LogP contribution in [0.15, 0.2) is 29.6 Å². The summed E-state index contributed by atoms with van der Waals surface area (Å²) in [6.07, 6.45) is 4.87. The lowest BCUT2D eigenvalue weighted by Crippen LogP contribution is -2.44. The molecule has 7 nitrogen and oxygen atoms in total. The number of imide groups is 1. The minimum absolute atomic E-state index is 0.116. The Kier molecular flexibility index (Phi) is 5.85. The van der Waals surface area contributed by atoms with Gasteiger partial charge in [-0.1, -0.05) is 44.0 Å². The molecule has 0 atom stereocenters. The zero-order valence-corrected chi connectivity index (χ0v) is 17.9. The molecule has 2 heterocycles. The van der Waals surface area contributed by atoms with Gasteiger partial charge in [-0.25, -0.2) is 9.78 Å². The highest BCUT2D eigenvalue weighted by Gasteiger charge is 2.51. The number of aryl methyl sites for hydroxylation is 1. The molecule has 30 heavy (non-hydrogen) atoms. The summed E-state index contributed by atoms with van der Waals surface area (Å²) >= 11 is 1.44. The largest absolute Gasteiger partial charge is 0.351 e. The van der Waals surface area contributed by atoms with Gasteiger partial charge in [0.05, 0.1) is 0 Å². The number of nitrogens with zero attached hydrogens (tertiary/aromatic N) is 2. The van der Waals surface area contributed by atoms with Crippen LogP contribution in [0.2, 0.25) is 0 Å². The second kappa shape index (κ2) is 8.55. The molecule has 1 aromatic heterocycles. The summed E-state index contributed by atoms with van der Waals surface area (Å²) < 4.78 is 0. The zero-order valence-electron chi connectivity index (χ0n) is 17.1. The molecule has 1 aromatic carbocycles. The van der Waals surface area contributed by atoms with Crippen LogP contribution in [0.25, 0.3) is 10.6 Å². The molecule has 2 fully saturated rings. The minimum Gasteiger partial charge on any atom is -0.351 e. The van der Waals surface area contributed by atoms with Crippen molar-refractivity contribution in [3.05, 3.63) is 40.9 Å². The highest BCUT2D eigenvalue weighted by Crippen LogP contribution is 2.35. The predicted octanol–water partition coefficient (Wildman–Crippen LogP) is 3.36. The summed E-state index contributed by atoms with van der Waals surface area (Å²) in [5.74, 6) is -0.360. The molecule has 8 heteroatoms. The van der Waals surface area contributed by atoms with Gasteiger partial charge in [0.25, 0.3) is 11.8 Å². The van der Waals surface area contributed by atoms with Crippen LogP contribution in [0, 0.1) is 0 Å². The molecule has 1 aliphatic heterocycles. The number of hydrogen-bond acceptors (Lipinski definition) is 5. The van der Waals surface area contributed by atoms with E-state index < -0.39 is 5.54 Å². The van der Waals surface area contributed by atoms with E-state index in [1.807, 2.05) is 12.1 Å². The standard InChI is InChI=1S/C22H26N4O3S/c1-2-15-6-8-16(9-7-15)19-24-17(14-30-19)18(27)23-12-5-13-26-20(28)22(25-21(26)29)10-3-4-11-22/h6-9,14H,2-5,10-13H2,1H3,(H,23,27)(H,25,29). The molecular weight excluding hydrogens is 400 g/mol. The first-order chi connectivity index (χ1) is 14.5. The van der Waals surface area contributed by atoms with E-state index in [0.717, 1.165) is 42.7 Å². The van der Waals surface area contributed by atoms with Crippen LogP contribution in [0.5, 0.6) is 0 Å². The van der Waals surface area contributed by atoms with Gasteiger partial charge in [-0.3, -0.25) is 14.5 Å². The van der Waals surface area contributed by atoms with Crippen molar-refractivity contribution in [3.8, 4) is 10.6 Å². The van der Waals surface area contributed by atoms with E-state index in [0.29, 0.717) is 25.2 Å². The maximum atomic E-state index is 12.6. The van der Waals surface area contributed by atoms with Gasteiger partial charge in [0, 0.05) is 24.0 Å². The van der Waals surface area contributed by atoms with Gasteiger partial charge in [0.2, 0.25) is 0 Å². The third-order valence-corrected chi connectivity index (χ3v) is 6.78. The van der Waals surface area contributed by atoms with Crippen LogP contribution in [-0.4, -0.2) is 46.4 Å². The number of benzene rings is 1. The Morgan fingerprint density at radius 3 is 2.67 bits per heavy atom. The van der Waals surface area contributed by atoms with Gasteiger partial charge in [-0.15, -0.1) is 11.3 Å². The van der Waals surface area contributed by atoms with Crippen molar-refractivity contribution in [2.45, 2.75) is 51.0 Å². The second-order valence-corrected chi connectivity index (χ2v) is 8.73. The number of urea groups is 1. The van der Waals surface area contributed by atoms with E-state index in [1.54, 1.807) is 5.38 Å². The van der Waals surface area contributed by atoms with Crippen molar-refractivity contribution in [3.63, 3.8) is 0 Å². The highest BCUT2D eigenvalue weighted by molar-refractivity contribution is 7.13. The fourth-order valence-corrected chi connectivity index (χ4v) is 4.93. The molecule has 4 rings (SSSR count). The molecule has 0 radical (unpaired) electrons. The van der Waals surface area contributed by atoms with E-state index in [9.17, 15) is 14.4 Å². The lowest BCUT2D eigenvalue weighted by molar-refractivity contribution is -0.131. The van der Waals surface area contributed by atoms with Crippen molar-refractivity contribution >= 4 is 29.2 Å². The average Bonchev–Trinajstić information content (AvgIpc) is 3.48. The third-order valence-electron chi connectivity index (χ3n) is 5.89. The Balaban J connectivity index is 1.27. The number of carbonyl (C=O) groups is 3. The summed E-state index contributed by atoms with van der Waals surface area (Å²) in [4.78, 5) is 42.9. The van der Waals surface area contributed by atoms with E-state index in [2.05, 4.69) is 34.7 Å². The van der Waals surface area contributed by atoms with Crippen molar-refractivity contribution in [1.82, 2.24) is 20.5 Å². The number of aromatic nitrogens is 1. The molecule has 2 aromatic rings. The number of rotatable bonds is 7. The molecule has 1 spiro atoms. The van der Waals surface area contributed by atoms with Crippen molar-refractivity contribution < 1.29 is 14.4 Å². The van der Waals surface area contributed by atoms with Crippen LogP contribution in [0.1, 0.15) is 55.1 Å². The Morgan fingerprint density at radius 1 is 1.23 bits per heavy atom. The van der Waals surface area contributed by atoms with Gasteiger partial charge >= 0.3 is 6.03 Å². The molecule has 1 aliphatic carbocycles. The lowest BCUT2D eigenvalue weighted by atomic mass is 9.98. The molecule has 1 saturated heterocycles. The summed E-state index contributed by atoms with van der Waals surface area (Å²) in [6.45, 7) is 2.79. The Bertz CT molecular complexity index is 948. The van der Waals surface area contributed by atoms with Crippen LogP contribution in [0.3, 0.4) is 0 Å². The normalized spacial score (nSPS) is 17.6. The van der Waals surface area contributed by atoms with Gasteiger partial charge < -0.3 is 10.6 Å². The molecule has 2 N–H and O–H groups in total. The van der Waals surface area contributed by atoms with E-state index in [4.69, 9.17) is 0 Å². The van der Waals surface area contributed by atoms with Crippen LogP contribution < -0.4 is 10.6 Å². The molecule has 2 aliphatic rings. The van der Waals surface area contributed by atoms with Crippen LogP contribution in [0.4, 0.5) is 4.79 Å². The van der Waals surface area contributed by atoms with E-state index in [1.165, 1.54) is 21.8 Å². The van der Waals surface area contributed by atoms with Crippen LogP contribution >= 0.6 is 11.3 Å². The predicted molar refractivity (Wildman–Crippen MR) is 115 cm³/mol. The monoisotopic (exact) mass is 426 g/mol. The average molecular weight is 427 g/mol. The Labute approximate surface area is 179 Å². The van der Waals surface area contributed by atoms with E-state index >= 15 is 0 Å². The van der Waals surface area contributed by atoms with Gasteiger partial charge in [-0.05, 0) is 31.2 Å². The Hall–Kier alpha value is -2.74. The fourth-order valence-electron chi connectivity index (χ4n) is 4.12. The number of nitrogens with one attached hydrogen (secondary N) is 2. The Morgan fingerprint density at radius 2 is 1.97 bits per heavy atom. The van der Waals surface area contributed by atoms with Gasteiger partial charge in [0.1, 0.15) is 16.2 Å². The number of hydrogen-bond donors (Lipinski definition) is 2. The summed E-state index contributed by atoms with van der Waals surface area (Å²) in [6, 6.07) is 7.87. The molecule has 4 amide bonds. The molecule has 0 bridgehead atoms. The number of amides is 4. The first kappa shape index (κ1) is 20.5.